The van der Waals surface area contributed by atoms with Gasteiger partial charge in [0.1, 0.15) is 5.82 Å². The average Bonchev–Trinajstić information content (AvgIpc) is 2.93. The fraction of sp³-hybridized carbons (Fsp3) is 0.100. The monoisotopic (exact) mass is 369 g/mol. The molecule has 0 spiro atoms. The molecule has 0 fully saturated rings. The molecule has 0 aliphatic rings. The molecule has 0 radical (unpaired) electrons. The number of halogens is 2. The third-order valence-corrected chi connectivity index (χ3v) is 4.35. The zero-order chi connectivity index (χ0) is 18.7. The second kappa shape index (κ2) is 7.54. The van der Waals surface area contributed by atoms with Crippen LogP contribution in [0.2, 0.25) is 5.02 Å². The Morgan fingerprint density at radius 3 is 2.73 bits per heavy atom. The SMILES string of the molecule is Cc1ncn(-c2cccc(NC(=O)C=Cc3ccc(F)cc3Cl)c2)c1C. The minimum Gasteiger partial charge on any atom is -0.322 e. The molecular weight excluding hydrogens is 353 g/mol. The van der Waals surface area contributed by atoms with E-state index in [0.717, 1.165) is 17.1 Å². The van der Waals surface area contributed by atoms with E-state index in [0.29, 0.717) is 11.3 Å². The highest BCUT2D eigenvalue weighted by atomic mass is 35.5. The Morgan fingerprint density at radius 2 is 2.04 bits per heavy atom. The molecule has 1 N–H and O–H groups in total. The number of carbonyl (C=O) groups is 1. The summed E-state index contributed by atoms with van der Waals surface area (Å²) in [5.74, 6) is -0.723. The molecular formula is C20H17ClFN3O. The van der Waals surface area contributed by atoms with Crippen molar-refractivity contribution in [2.45, 2.75) is 13.8 Å². The topological polar surface area (TPSA) is 46.9 Å². The van der Waals surface area contributed by atoms with E-state index in [-0.39, 0.29) is 10.9 Å². The number of rotatable bonds is 4. The van der Waals surface area contributed by atoms with Gasteiger partial charge in [-0.2, -0.15) is 0 Å². The highest BCUT2D eigenvalue weighted by molar-refractivity contribution is 6.32. The van der Waals surface area contributed by atoms with Gasteiger partial charge < -0.3 is 9.88 Å². The Morgan fingerprint density at radius 1 is 1.23 bits per heavy atom. The highest BCUT2D eigenvalue weighted by Crippen LogP contribution is 2.20. The zero-order valence-corrected chi connectivity index (χ0v) is 15.1. The summed E-state index contributed by atoms with van der Waals surface area (Å²) in [6, 6.07) is 11.5. The molecule has 3 aromatic rings. The standard InChI is InChI=1S/C20H17ClFN3O/c1-13-14(2)25(12-23-13)18-5-3-4-17(11-18)24-20(26)9-7-15-6-8-16(22)10-19(15)21/h3-12H,1-2H3,(H,24,26). The van der Waals surface area contributed by atoms with Crippen molar-refractivity contribution < 1.29 is 9.18 Å². The Kier molecular flexibility index (Phi) is 5.19. The lowest BCUT2D eigenvalue weighted by Crippen LogP contribution is -2.08. The van der Waals surface area contributed by atoms with Crippen molar-refractivity contribution in [1.82, 2.24) is 9.55 Å². The zero-order valence-electron chi connectivity index (χ0n) is 14.3. The number of nitrogens with zero attached hydrogens (tertiary/aromatic N) is 2. The van der Waals surface area contributed by atoms with Crippen molar-refractivity contribution in [1.29, 1.82) is 0 Å². The first kappa shape index (κ1) is 17.9. The molecule has 1 aromatic heterocycles. The van der Waals surface area contributed by atoms with Crippen LogP contribution in [-0.4, -0.2) is 15.5 Å². The molecule has 2 aromatic carbocycles. The summed E-state index contributed by atoms with van der Waals surface area (Å²) in [4.78, 5) is 16.4. The maximum absolute atomic E-state index is 13.0. The summed E-state index contributed by atoms with van der Waals surface area (Å²) < 4.78 is 15.0. The molecule has 1 heterocycles. The van der Waals surface area contributed by atoms with Gasteiger partial charge in [0.25, 0.3) is 0 Å². The molecule has 0 aliphatic carbocycles. The first-order chi connectivity index (χ1) is 12.4. The normalized spacial score (nSPS) is 11.1. The fourth-order valence-corrected chi connectivity index (χ4v) is 2.71. The second-order valence-corrected chi connectivity index (χ2v) is 6.23. The van der Waals surface area contributed by atoms with Crippen LogP contribution in [0.25, 0.3) is 11.8 Å². The van der Waals surface area contributed by atoms with E-state index in [1.165, 1.54) is 24.3 Å². The van der Waals surface area contributed by atoms with E-state index in [4.69, 9.17) is 11.6 Å². The lowest BCUT2D eigenvalue weighted by molar-refractivity contribution is -0.111. The van der Waals surface area contributed by atoms with Crippen LogP contribution >= 0.6 is 11.6 Å². The van der Waals surface area contributed by atoms with Gasteiger partial charge >= 0.3 is 0 Å². The van der Waals surface area contributed by atoms with Crippen LogP contribution in [0.5, 0.6) is 0 Å². The molecule has 3 rings (SSSR count). The molecule has 0 atom stereocenters. The van der Waals surface area contributed by atoms with E-state index < -0.39 is 5.82 Å². The van der Waals surface area contributed by atoms with Crippen LogP contribution in [0.15, 0.2) is 54.9 Å². The third-order valence-electron chi connectivity index (χ3n) is 4.02. The van der Waals surface area contributed by atoms with Gasteiger partial charge in [0.05, 0.1) is 17.0 Å². The van der Waals surface area contributed by atoms with E-state index >= 15 is 0 Å². The van der Waals surface area contributed by atoms with Crippen molar-refractivity contribution in [2.75, 3.05) is 5.32 Å². The lowest BCUT2D eigenvalue weighted by Gasteiger charge is -2.08. The van der Waals surface area contributed by atoms with Crippen LogP contribution in [0.3, 0.4) is 0 Å². The van der Waals surface area contributed by atoms with Gasteiger partial charge in [0.2, 0.25) is 5.91 Å². The number of aromatic nitrogens is 2. The molecule has 4 nitrogen and oxygen atoms in total. The first-order valence-corrected chi connectivity index (χ1v) is 8.37. The summed E-state index contributed by atoms with van der Waals surface area (Å²) in [7, 11) is 0. The fourth-order valence-electron chi connectivity index (χ4n) is 2.48. The molecule has 26 heavy (non-hydrogen) atoms. The molecule has 0 bridgehead atoms. The summed E-state index contributed by atoms with van der Waals surface area (Å²) >= 11 is 5.95. The molecule has 0 saturated carbocycles. The second-order valence-electron chi connectivity index (χ2n) is 5.82. The van der Waals surface area contributed by atoms with Gasteiger partial charge in [0.15, 0.2) is 0 Å². The highest BCUT2D eigenvalue weighted by Gasteiger charge is 2.06. The molecule has 0 aliphatic heterocycles. The lowest BCUT2D eigenvalue weighted by atomic mass is 10.2. The van der Waals surface area contributed by atoms with E-state index in [1.807, 2.05) is 36.6 Å². The summed E-state index contributed by atoms with van der Waals surface area (Å²) in [5.41, 5.74) is 4.14. The Bertz CT molecular complexity index is 994. The smallest absolute Gasteiger partial charge is 0.248 e. The van der Waals surface area contributed by atoms with Crippen LogP contribution in [-0.2, 0) is 4.79 Å². The van der Waals surface area contributed by atoms with Crippen LogP contribution < -0.4 is 5.32 Å². The number of imidazole rings is 1. The van der Waals surface area contributed by atoms with E-state index in [9.17, 15) is 9.18 Å². The van der Waals surface area contributed by atoms with Crippen molar-refractivity contribution in [3.05, 3.63) is 82.7 Å². The number of nitrogens with one attached hydrogen (secondary N) is 1. The summed E-state index contributed by atoms with van der Waals surface area (Å²) in [6.07, 6.45) is 4.66. The summed E-state index contributed by atoms with van der Waals surface area (Å²) in [5, 5.41) is 3.05. The Labute approximate surface area is 155 Å². The number of carbonyl (C=O) groups excluding carboxylic acids is 1. The Balaban J connectivity index is 1.74. The predicted molar refractivity (Wildman–Crippen MR) is 102 cm³/mol. The number of aryl methyl sites for hydroxylation is 1. The first-order valence-electron chi connectivity index (χ1n) is 7.99. The average molecular weight is 370 g/mol. The van der Waals surface area contributed by atoms with Crippen LogP contribution in [0.4, 0.5) is 10.1 Å². The van der Waals surface area contributed by atoms with E-state index in [1.54, 1.807) is 18.5 Å². The van der Waals surface area contributed by atoms with Gasteiger partial charge in [-0.25, -0.2) is 9.37 Å². The minimum atomic E-state index is -0.418. The van der Waals surface area contributed by atoms with Crippen LogP contribution in [0, 0.1) is 19.7 Å². The van der Waals surface area contributed by atoms with E-state index in [2.05, 4.69) is 10.3 Å². The van der Waals surface area contributed by atoms with Crippen LogP contribution in [0.1, 0.15) is 17.0 Å². The molecule has 6 heteroatoms. The number of anilines is 1. The Hall–Kier alpha value is -2.92. The van der Waals surface area contributed by atoms with Crippen molar-refractivity contribution in [3.8, 4) is 5.69 Å². The number of hydrogen-bond acceptors (Lipinski definition) is 2. The quantitative estimate of drug-likeness (QED) is 0.662. The number of hydrogen-bond donors (Lipinski definition) is 1. The largest absolute Gasteiger partial charge is 0.322 e. The number of benzene rings is 2. The molecule has 1 amide bonds. The van der Waals surface area contributed by atoms with Crippen molar-refractivity contribution >= 4 is 29.3 Å². The third kappa shape index (κ3) is 4.00. The van der Waals surface area contributed by atoms with Gasteiger partial charge in [-0.05, 0) is 55.8 Å². The van der Waals surface area contributed by atoms with Crippen molar-refractivity contribution in [2.24, 2.45) is 0 Å². The molecule has 132 valence electrons. The van der Waals surface area contributed by atoms with Gasteiger partial charge in [-0.15, -0.1) is 0 Å². The van der Waals surface area contributed by atoms with Gasteiger partial charge in [-0.3, -0.25) is 4.79 Å². The van der Waals surface area contributed by atoms with Gasteiger partial charge in [0, 0.05) is 23.1 Å². The molecule has 0 unspecified atom stereocenters. The van der Waals surface area contributed by atoms with Crippen molar-refractivity contribution in [3.63, 3.8) is 0 Å². The minimum absolute atomic E-state index is 0.252. The number of amides is 1. The summed E-state index contributed by atoms with van der Waals surface area (Å²) in [6.45, 7) is 3.94. The predicted octanol–water partition coefficient (Wildman–Crippen LogP) is 4.93. The maximum atomic E-state index is 13.0. The molecule has 0 saturated heterocycles. The van der Waals surface area contributed by atoms with Gasteiger partial charge in [-0.1, -0.05) is 23.7 Å². The maximum Gasteiger partial charge on any atom is 0.248 e.